The molecule has 9 heteroatoms. The van der Waals surface area contributed by atoms with Crippen LogP contribution in [-0.2, 0) is 11.3 Å². The predicted molar refractivity (Wildman–Crippen MR) is 81.9 cm³/mol. The first-order chi connectivity index (χ1) is 11.4. The van der Waals surface area contributed by atoms with Crippen molar-refractivity contribution in [2.24, 2.45) is 0 Å². The van der Waals surface area contributed by atoms with E-state index in [2.05, 4.69) is 4.74 Å². The number of esters is 1. The molecule has 0 spiro atoms. The summed E-state index contributed by atoms with van der Waals surface area (Å²) in [5, 5.41) is 21.7. The summed E-state index contributed by atoms with van der Waals surface area (Å²) in [6.07, 6.45) is 0. The Hall–Kier alpha value is -3.49. The number of carbonyl (C=O) groups excluding carboxylic acids is 1. The summed E-state index contributed by atoms with van der Waals surface area (Å²) in [6, 6.07) is 9.33. The maximum Gasteiger partial charge on any atom is 0.338 e. The van der Waals surface area contributed by atoms with Gasteiger partial charge >= 0.3 is 11.7 Å². The number of benzene rings is 2. The first kappa shape index (κ1) is 16.9. The molecule has 2 rings (SSSR count). The number of methoxy groups -OCH3 is 1. The Kier molecular flexibility index (Phi) is 5.05. The van der Waals surface area contributed by atoms with Crippen LogP contribution in [0.3, 0.4) is 0 Å². The Morgan fingerprint density at radius 1 is 1.04 bits per heavy atom. The number of nitrogens with zero attached hydrogens (tertiary/aromatic N) is 2. The topological polar surface area (TPSA) is 122 Å². The molecular weight excluding hydrogens is 320 g/mol. The van der Waals surface area contributed by atoms with Gasteiger partial charge in [0.25, 0.3) is 5.69 Å². The van der Waals surface area contributed by atoms with Gasteiger partial charge in [0.05, 0.1) is 22.5 Å². The predicted octanol–water partition coefficient (Wildman–Crippen LogP) is 2.87. The van der Waals surface area contributed by atoms with Crippen molar-refractivity contribution in [3.63, 3.8) is 0 Å². The van der Waals surface area contributed by atoms with Gasteiger partial charge in [-0.05, 0) is 29.8 Å². The van der Waals surface area contributed by atoms with E-state index in [-0.39, 0.29) is 29.3 Å². The van der Waals surface area contributed by atoms with Crippen molar-refractivity contribution >= 4 is 17.3 Å². The van der Waals surface area contributed by atoms with Gasteiger partial charge in [-0.1, -0.05) is 0 Å². The minimum atomic E-state index is -0.694. The maximum absolute atomic E-state index is 11.4. The van der Waals surface area contributed by atoms with Gasteiger partial charge in [0.2, 0.25) is 0 Å². The number of hydrogen-bond donors (Lipinski definition) is 0. The third kappa shape index (κ3) is 3.83. The first-order valence-corrected chi connectivity index (χ1v) is 6.65. The number of non-ortho nitro benzene ring substituents is 1. The van der Waals surface area contributed by atoms with Crippen LogP contribution in [0.2, 0.25) is 0 Å². The molecule has 0 N–H and O–H groups in total. The second-order valence-electron chi connectivity index (χ2n) is 4.64. The van der Waals surface area contributed by atoms with Crippen molar-refractivity contribution in [1.29, 1.82) is 0 Å². The molecule has 0 unspecified atom stereocenters. The third-order valence-corrected chi connectivity index (χ3v) is 3.12. The first-order valence-electron chi connectivity index (χ1n) is 6.65. The molecule has 0 aliphatic heterocycles. The quantitative estimate of drug-likeness (QED) is 0.453. The molecule has 0 saturated carbocycles. The van der Waals surface area contributed by atoms with Crippen LogP contribution in [0.15, 0.2) is 42.5 Å². The number of hydrogen-bond acceptors (Lipinski definition) is 7. The highest BCUT2D eigenvalue weighted by molar-refractivity contribution is 5.90. The van der Waals surface area contributed by atoms with Gasteiger partial charge in [0, 0.05) is 18.2 Å². The highest BCUT2D eigenvalue weighted by Crippen LogP contribution is 2.29. The summed E-state index contributed by atoms with van der Waals surface area (Å²) in [5.41, 5.74) is 0.200. The molecule has 0 heterocycles. The Labute approximate surface area is 135 Å². The number of nitro groups is 2. The lowest BCUT2D eigenvalue weighted by Gasteiger charge is -2.08. The van der Waals surface area contributed by atoms with Crippen molar-refractivity contribution in [2.75, 3.05) is 7.11 Å². The van der Waals surface area contributed by atoms with E-state index in [0.717, 1.165) is 6.07 Å². The number of ether oxygens (including phenoxy) is 2. The average molecular weight is 332 g/mol. The van der Waals surface area contributed by atoms with E-state index in [9.17, 15) is 25.0 Å². The summed E-state index contributed by atoms with van der Waals surface area (Å²) >= 11 is 0. The summed E-state index contributed by atoms with van der Waals surface area (Å²) in [7, 11) is 1.17. The maximum atomic E-state index is 11.4. The molecule has 0 saturated heterocycles. The van der Waals surface area contributed by atoms with E-state index in [1.807, 2.05) is 0 Å². The summed E-state index contributed by atoms with van der Waals surface area (Å²) in [5.74, 6) is -0.717. The summed E-state index contributed by atoms with van der Waals surface area (Å²) in [6.45, 7) is -0.0175. The third-order valence-electron chi connectivity index (χ3n) is 3.12. The normalized spacial score (nSPS) is 10.0. The van der Waals surface area contributed by atoms with Crippen LogP contribution in [0.1, 0.15) is 15.9 Å². The van der Waals surface area contributed by atoms with Gasteiger partial charge in [0.1, 0.15) is 6.61 Å². The Bertz CT molecular complexity index is 787. The highest BCUT2D eigenvalue weighted by atomic mass is 16.6. The molecule has 0 radical (unpaired) electrons. The molecule has 124 valence electrons. The van der Waals surface area contributed by atoms with Gasteiger partial charge in [-0.2, -0.15) is 0 Å². The van der Waals surface area contributed by atoms with E-state index < -0.39 is 15.8 Å². The minimum absolute atomic E-state index is 0.0175. The molecule has 0 fully saturated rings. The van der Waals surface area contributed by atoms with Crippen molar-refractivity contribution < 1.29 is 24.1 Å². The fourth-order valence-corrected chi connectivity index (χ4v) is 1.90. The fraction of sp³-hybridized carbons (Fsp3) is 0.133. The van der Waals surface area contributed by atoms with E-state index >= 15 is 0 Å². The summed E-state index contributed by atoms with van der Waals surface area (Å²) < 4.78 is 9.90. The molecule has 0 aromatic heterocycles. The smallest absolute Gasteiger partial charge is 0.338 e. The lowest BCUT2D eigenvalue weighted by molar-refractivity contribution is -0.386. The van der Waals surface area contributed by atoms with Crippen LogP contribution in [0, 0.1) is 20.2 Å². The van der Waals surface area contributed by atoms with E-state index in [1.54, 1.807) is 0 Å². The number of nitro benzene ring substituents is 2. The second kappa shape index (κ2) is 7.18. The minimum Gasteiger partial charge on any atom is -0.482 e. The molecule has 0 bridgehead atoms. The molecule has 2 aromatic rings. The monoisotopic (exact) mass is 332 g/mol. The van der Waals surface area contributed by atoms with E-state index in [1.165, 1.54) is 43.5 Å². The van der Waals surface area contributed by atoms with Crippen molar-refractivity contribution in [2.45, 2.75) is 6.61 Å². The Morgan fingerprint density at radius 2 is 1.71 bits per heavy atom. The van der Waals surface area contributed by atoms with Crippen molar-refractivity contribution in [3.05, 3.63) is 73.8 Å². The van der Waals surface area contributed by atoms with Gasteiger partial charge in [-0.25, -0.2) is 4.79 Å². The Balaban J connectivity index is 2.18. The highest BCUT2D eigenvalue weighted by Gasteiger charge is 2.19. The van der Waals surface area contributed by atoms with Gasteiger partial charge in [0.15, 0.2) is 5.75 Å². The molecule has 0 aliphatic rings. The average Bonchev–Trinajstić information content (AvgIpc) is 2.59. The largest absolute Gasteiger partial charge is 0.482 e. The van der Waals surface area contributed by atoms with E-state index in [0.29, 0.717) is 5.56 Å². The molecule has 0 amide bonds. The van der Waals surface area contributed by atoms with Gasteiger partial charge in [-0.3, -0.25) is 20.2 Å². The van der Waals surface area contributed by atoms with Crippen LogP contribution in [0.4, 0.5) is 11.4 Å². The zero-order valence-corrected chi connectivity index (χ0v) is 12.5. The van der Waals surface area contributed by atoms with Crippen LogP contribution in [0.5, 0.6) is 5.75 Å². The molecule has 9 nitrogen and oxygen atoms in total. The van der Waals surface area contributed by atoms with Gasteiger partial charge in [-0.15, -0.1) is 0 Å². The lowest BCUT2D eigenvalue weighted by Crippen LogP contribution is -2.04. The number of rotatable bonds is 6. The van der Waals surface area contributed by atoms with Crippen LogP contribution in [-0.4, -0.2) is 22.9 Å². The van der Waals surface area contributed by atoms with Crippen molar-refractivity contribution in [3.8, 4) is 5.75 Å². The molecular formula is C15H12N2O7. The van der Waals surface area contributed by atoms with Crippen LogP contribution >= 0.6 is 0 Å². The SMILES string of the molecule is COC(=O)c1ccc(OCc2ccc([N+](=O)[O-])cc2)c([N+](=O)[O-])c1. The zero-order valence-electron chi connectivity index (χ0n) is 12.5. The summed E-state index contributed by atoms with van der Waals surface area (Å²) in [4.78, 5) is 31.9. The van der Waals surface area contributed by atoms with E-state index in [4.69, 9.17) is 4.74 Å². The zero-order chi connectivity index (χ0) is 17.7. The number of carbonyl (C=O) groups is 1. The van der Waals surface area contributed by atoms with Crippen molar-refractivity contribution in [1.82, 2.24) is 0 Å². The molecule has 2 aromatic carbocycles. The molecule has 24 heavy (non-hydrogen) atoms. The fourth-order valence-electron chi connectivity index (χ4n) is 1.90. The standard InChI is InChI=1S/C15H12N2O7/c1-23-15(18)11-4-7-14(13(8-11)17(21)22)24-9-10-2-5-12(6-3-10)16(19)20/h2-8H,9H2,1H3. The Morgan fingerprint density at radius 3 is 2.25 bits per heavy atom. The molecule has 0 atom stereocenters. The van der Waals surface area contributed by atoms with Crippen LogP contribution in [0.25, 0.3) is 0 Å². The van der Waals surface area contributed by atoms with Crippen LogP contribution < -0.4 is 4.74 Å². The van der Waals surface area contributed by atoms with Gasteiger partial charge < -0.3 is 9.47 Å². The lowest BCUT2D eigenvalue weighted by atomic mass is 10.2. The molecule has 0 aliphatic carbocycles. The second-order valence-corrected chi connectivity index (χ2v) is 4.64.